The van der Waals surface area contributed by atoms with E-state index in [0.717, 1.165) is 16.9 Å². The molecule has 0 unspecified atom stereocenters. The number of rotatable bonds is 8. The smallest absolute Gasteiger partial charge is 0.183 e. The van der Waals surface area contributed by atoms with Crippen LogP contribution in [-0.2, 0) is 16.1 Å². The van der Waals surface area contributed by atoms with Gasteiger partial charge in [-0.05, 0) is 31.5 Å². The zero-order valence-corrected chi connectivity index (χ0v) is 12.6. The summed E-state index contributed by atoms with van der Waals surface area (Å²) in [5, 5.41) is 0. The van der Waals surface area contributed by atoms with Gasteiger partial charge < -0.3 is 14.2 Å². The summed E-state index contributed by atoms with van der Waals surface area (Å²) in [5.74, 6) is 0.842. The Morgan fingerprint density at radius 1 is 0.810 bits per heavy atom. The van der Waals surface area contributed by atoms with Crippen LogP contribution < -0.4 is 4.74 Å². The second-order valence-electron chi connectivity index (χ2n) is 4.59. The molecule has 0 bridgehead atoms. The average molecular weight is 286 g/mol. The molecule has 21 heavy (non-hydrogen) atoms. The number of hydrogen-bond donors (Lipinski definition) is 0. The molecule has 2 aromatic carbocycles. The van der Waals surface area contributed by atoms with Crippen molar-refractivity contribution in [1.29, 1.82) is 0 Å². The SMILES string of the molecule is CCOC(OCC)c1ccc(OCc2ccccc2)cc1. The molecule has 0 atom stereocenters. The van der Waals surface area contributed by atoms with Crippen molar-refractivity contribution in [2.45, 2.75) is 26.7 Å². The minimum absolute atomic E-state index is 0.303. The predicted octanol–water partition coefficient (Wildman–Crippen LogP) is 4.34. The molecule has 0 N–H and O–H groups in total. The third-order valence-electron chi connectivity index (χ3n) is 3.04. The minimum Gasteiger partial charge on any atom is -0.489 e. The highest BCUT2D eigenvalue weighted by Crippen LogP contribution is 2.22. The van der Waals surface area contributed by atoms with Crippen molar-refractivity contribution >= 4 is 0 Å². The highest BCUT2D eigenvalue weighted by atomic mass is 16.7. The van der Waals surface area contributed by atoms with E-state index in [0.29, 0.717) is 19.8 Å². The molecular formula is C18H22O3. The number of benzene rings is 2. The standard InChI is InChI=1S/C18H22O3/c1-3-19-18(20-4-2)16-10-12-17(13-11-16)21-14-15-8-6-5-7-9-15/h5-13,18H,3-4,14H2,1-2H3. The lowest BCUT2D eigenvalue weighted by Crippen LogP contribution is -2.08. The van der Waals surface area contributed by atoms with E-state index in [9.17, 15) is 0 Å². The molecule has 0 aromatic heterocycles. The summed E-state index contributed by atoms with van der Waals surface area (Å²) in [6.45, 7) is 5.74. The van der Waals surface area contributed by atoms with Crippen molar-refractivity contribution in [3.8, 4) is 5.75 Å². The maximum absolute atomic E-state index is 5.77. The lowest BCUT2D eigenvalue weighted by atomic mass is 10.2. The molecule has 0 heterocycles. The third kappa shape index (κ3) is 4.88. The van der Waals surface area contributed by atoms with Gasteiger partial charge in [0.05, 0.1) is 0 Å². The van der Waals surface area contributed by atoms with Crippen molar-refractivity contribution in [3.63, 3.8) is 0 Å². The van der Waals surface area contributed by atoms with Crippen LogP contribution in [0.3, 0.4) is 0 Å². The van der Waals surface area contributed by atoms with Crippen LogP contribution in [0.25, 0.3) is 0 Å². The highest BCUT2D eigenvalue weighted by Gasteiger charge is 2.10. The summed E-state index contributed by atoms with van der Waals surface area (Å²) in [5.41, 5.74) is 2.16. The van der Waals surface area contributed by atoms with Crippen molar-refractivity contribution in [2.24, 2.45) is 0 Å². The summed E-state index contributed by atoms with van der Waals surface area (Å²) < 4.78 is 16.9. The maximum atomic E-state index is 5.77. The average Bonchev–Trinajstić information content (AvgIpc) is 2.54. The summed E-state index contributed by atoms with van der Waals surface area (Å²) in [7, 11) is 0. The van der Waals surface area contributed by atoms with Crippen molar-refractivity contribution in [2.75, 3.05) is 13.2 Å². The fraction of sp³-hybridized carbons (Fsp3) is 0.333. The largest absolute Gasteiger partial charge is 0.489 e. The summed E-state index contributed by atoms with van der Waals surface area (Å²) >= 11 is 0. The van der Waals surface area contributed by atoms with Crippen LogP contribution in [0.2, 0.25) is 0 Å². The monoisotopic (exact) mass is 286 g/mol. The Morgan fingerprint density at radius 2 is 1.43 bits per heavy atom. The zero-order valence-electron chi connectivity index (χ0n) is 12.6. The Morgan fingerprint density at radius 3 is 2.00 bits per heavy atom. The predicted molar refractivity (Wildman–Crippen MR) is 83.2 cm³/mol. The molecule has 0 saturated carbocycles. The molecule has 112 valence electrons. The van der Waals surface area contributed by atoms with E-state index in [4.69, 9.17) is 14.2 Å². The normalized spacial score (nSPS) is 10.8. The van der Waals surface area contributed by atoms with E-state index < -0.39 is 0 Å². The molecule has 0 amide bonds. The minimum atomic E-state index is -0.303. The molecule has 3 nitrogen and oxygen atoms in total. The second kappa shape index (κ2) is 8.45. The Hall–Kier alpha value is -1.84. The molecule has 0 saturated heterocycles. The molecule has 0 aliphatic carbocycles. The first-order valence-corrected chi connectivity index (χ1v) is 7.33. The van der Waals surface area contributed by atoms with Gasteiger partial charge in [-0.1, -0.05) is 42.5 Å². The van der Waals surface area contributed by atoms with E-state index in [1.807, 2.05) is 56.3 Å². The first kappa shape index (κ1) is 15.5. The summed E-state index contributed by atoms with van der Waals surface area (Å²) in [6.07, 6.45) is -0.303. The Kier molecular flexibility index (Phi) is 6.25. The van der Waals surface area contributed by atoms with Crippen LogP contribution in [0, 0.1) is 0 Å². The lowest BCUT2D eigenvalue weighted by molar-refractivity contribution is -0.140. The fourth-order valence-corrected chi connectivity index (χ4v) is 2.01. The Balaban J connectivity index is 1.94. The molecule has 0 aliphatic heterocycles. The van der Waals surface area contributed by atoms with Crippen molar-refractivity contribution in [3.05, 3.63) is 65.7 Å². The molecule has 0 aliphatic rings. The van der Waals surface area contributed by atoms with Crippen molar-refractivity contribution in [1.82, 2.24) is 0 Å². The van der Waals surface area contributed by atoms with Gasteiger partial charge in [0.1, 0.15) is 12.4 Å². The van der Waals surface area contributed by atoms with Gasteiger partial charge in [-0.25, -0.2) is 0 Å². The number of ether oxygens (including phenoxy) is 3. The molecular weight excluding hydrogens is 264 g/mol. The van der Waals surface area contributed by atoms with Crippen LogP contribution >= 0.6 is 0 Å². The second-order valence-corrected chi connectivity index (χ2v) is 4.59. The van der Waals surface area contributed by atoms with Gasteiger partial charge in [0.25, 0.3) is 0 Å². The van der Waals surface area contributed by atoms with E-state index >= 15 is 0 Å². The molecule has 0 fully saturated rings. The summed E-state index contributed by atoms with van der Waals surface area (Å²) in [4.78, 5) is 0. The van der Waals surface area contributed by atoms with E-state index in [2.05, 4.69) is 12.1 Å². The van der Waals surface area contributed by atoms with Crippen LogP contribution in [-0.4, -0.2) is 13.2 Å². The van der Waals surface area contributed by atoms with Gasteiger partial charge in [-0.2, -0.15) is 0 Å². The van der Waals surface area contributed by atoms with Crippen LogP contribution in [0.15, 0.2) is 54.6 Å². The quantitative estimate of drug-likeness (QED) is 0.676. The van der Waals surface area contributed by atoms with Crippen LogP contribution in [0.1, 0.15) is 31.3 Å². The Bertz CT molecular complexity index is 502. The molecule has 2 rings (SSSR count). The van der Waals surface area contributed by atoms with E-state index in [1.54, 1.807) is 0 Å². The zero-order chi connectivity index (χ0) is 14.9. The van der Waals surface area contributed by atoms with Gasteiger partial charge in [-0.15, -0.1) is 0 Å². The molecule has 2 aromatic rings. The van der Waals surface area contributed by atoms with Gasteiger partial charge in [0, 0.05) is 18.8 Å². The summed E-state index contributed by atoms with van der Waals surface area (Å²) in [6, 6.07) is 18.0. The van der Waals surface area contributed by atoms with Gasteiger partial charge >= 0.3 is 0 Å². The van der Waals surface area contributed by atoms with Crippen LogP contribution in [0.4, 0.5) is 0 Å². The fourth-order valence-electron chi connectivity index (χ4n) is 2.01. The third-order valence-corrected chi connectivity index (χ3v) is 3.04. The van der Waals surface area contributed by atoms with E-state index in [1.165, 1.54) is 0 Å². The number of hydrogen-bond acceptors (Lipinski definition) is 3. The lowest BCUT2D eigenvalue weighted by Gasteiger charge is -2.17. The maximum Gasteiger partial charge on any atom is 0.183 e. The first-order valence-electron chi connectivity index (χ1n) is 7.33. The highest BCUT2D eigenvalue weighted by molar-refractivity contribution is 5.28. The topological polar surface area (TPSA) is 27.7 Å². The Labute approximate surface area is 126 Å². The van der Waals surface area contributed by atoms with Gasteiger partial charge in [0.15, 0.2) is 6.29 Å². The van der Waals surface area contributed by atoms with Gasteiger partial charge in [-0.3, -0.25) is 0 Å². The first-order chi connectivity index (χ1) is 10.3. The van der Waals surface area contributed by atoms with Crippen molar-refractivity contribution < 1.29 is 14.2 Å². The molecule has 0 radical (unpaired) electrons. The molecule has 0 spiro atoms. The molecule has 3 heteroatoms. The van der Waals surface area contributed by atoms with E-state index in [-0.39, 0.29) is 6.29 Å². The van der Waals surface area contributed by atoms with Gasteiger partial charge in [0.2, 0.25) is 0 Å². The van der Waals surface area contributed by atoms with Crippen LogP contribution in [0.5, 0.6) is 5.75 Å².